The Morgan fingerprint density at radius 2 is 1.77 bits per heavy atom. The average molecular weight is 725 g/mol. The van der Waals surface area contributed by atoms with Crippen LogP contribution in [0.4, 0.5) is 0 Å². The van der Waals surface area contributed by atoms with Crippen molar-refractivity contribution in [2.75, 3.05) is 0 Å². The number of carboxylic acids is 1. The number of carbonyl (C=O) groups is 4. The third-order valence-electron chi connectivity index (χ3n) is 13.9. The molecule has 52 heavy (non-hydrogen) atoms. The number of aliphatic hydroxyl groups is 2. The molecule has 12 heteroatoms. The van der Waals surface area contributed by atoms with Gasteiger partial charge in [0.1, 0.15) is 18.2 Å². The fourth-order valence-electron chi connectivity index (χ4n) is 11.3. The summed E-state index contributed by atoms with van der Waals surface area (Å²) in [5.41, 5.74) is 1.75. The molecule has 4 aliphatic rings. The molecule has 12 nitrogen and oxygen atoms in total. The molecular formula is C40H60N4O8. The smallest absolute Gasteiger partial charge is 0.326 e. The molecule has 4 saturated carbocycles. The molecule has 1 aromatic rings. The predicted molar refractivity (Wildman–Crippen MR) is 194 cm³/mol. The van der Waals surface area contributed by atoms with E-state index in [9.17, 15) is 34.5 Å². The first-order valence-electron chi connectivity index (χ1n) is 19.0. The lowest BCUT2D eigenvalue weighted by Gasteiger charge is -2.69. The lowest BCUT2D eigenvalue weighted by Crippen LogP contribution is -2.65. The first-order chi connectivity index (χ1) is 24.3. The lowest BCUT2D eigenvalue weighted by molar-refractivity contribution is -0.234. The van der Waals surface area contributed by atoms with Crippen molar-refractivity contribution in [3.05, 3.63) is 41.0 Å². The molecule has 2 unspecified atom stereocenters. The first kappa shape index (κ1) is 39.7. The third kappa shape index (κ3) is 7.21. The molecule has 4 fully saturated rings. The number of rotatable bonds is 11. The van der Waals surface area contributed by atoms with Gasteiger partial charge in [-0.15, -0.1) is 0 Å². The molecular weight excluding hydrogens is 664 g/mol. The summed E-state index contributed by atoms with van der Waals surface area (Å²) in [7, 11) is 0. The second-order valence-corrected chi connectivity index (χ2v) is 17.2. The van der Waals surface area contributed by atoms with Crippen LogP contribution >= 0.6 is 0 Å². The molecule has 0 spiro atoms. The number of aromatic nitrogens is 2. The number of carbonyl (C=O) groups excluding carboxylic acids is 3. The zero-order chi connectivity index (χ0) is 38.3. The summed E-state index contributed by atoms with van der Waals surface area (Å²) < 4.78 is 6.08. The number of nitrogens with zero attached hydrogens (tertiary/aromatic N) is 1. The molecule has 0 bridgehead atoms. The highest BCUT2D eigenvalue weighted by Crippen LogP contribution is 2.74. The quantitative estimate of drug-likeness (QED) is 0.107. The summed E-state index contributed by atoms with van der Waals surface area (Å²) in [5.74, 6) is -2.70. The van der Waals surface area contributed by atoms with Crippen molar-refractivity contribution in [2.45, 2.75) is 144 Å². The second-order valence-electron chi connectivity index (χ2n) is 17.2. The topological polar surface area (TPSA) is 191 Å². The number of imidazole rings is 1. The minimum Gasteiger partial charge on any atom is -0.480 e. The second kappa shape index (κ2) is 15.1. The van der Waals surface area contributed by atoms with Crippen LogP contribution in [0.25, 0.3) is 0 Å². The lowest BCUT2D eigenvalue weighted by atomic mass is 9.36. The van der Waals surface area contributed by atoms with Crippen molar-refractivity contribution < 1.29 is 39.2 Å². The van der Waals surface area contributed by atoms with Gasteiger partial charge >= 0.3 is 11.9 Å². The van der Waals surface area contributed by atoms with Gasteiger partial charge in [-0.05, 0) is 118 Å². The molecule has 0 aromatic carbocycles. The van der Waals surface area contributed by atoms with Crippen LogP contribution in [0.1, 0.15) is 112 Å². The number of aliphatic hydroxyl groups excluding tert-OH is 2. The molecule has 6 N–H and O–H groups in total. The maximum absolute atomic E-state index is 14.4. The Hall–Kier alpha value is -3.51. The van der Waals surface area contributed by atoms with Crippen LogP contribution in [0.5, 0.6) is 0 Å². The Labute approximate surface area is 307 Å². The van der Waals surface area contributed by atoms with Gasteiger partial charge in [0.05, 0.1) is 24.2 Å². The van der Waals surface area contributed by atoms with E-state index < -0.39 is 53.5 Å². The van der Waals surface area contributed by atoms with E-state index in [2.05, 4.69) is 48.3 Å². The molecule has 5 rings (SSSR count). The summed E-state index contributed by atoms with van der Waals surface area (Å²) in [5, 5.41) is 38.3. The van der Waals surface area contributed by atoms with Crippen LogP contribution in [-0.2, 0) is 30.3 Å². The van der Waals surface area contributed by atoms with Crippen LogP contribution in [0, 0.1) is 39.9 Å². The van der Waals surface area contributed by atoms with Crippen LogP contribution in [0.2, 0.25) is 0 Å². The highest BCUT2D eigenvalue weighted by Gasteiger charge is 2.70. The van der Waals surface area contributed by atoms with Gasteiger partial charge in [0.15, 0.2) is 0 Å². The number of nitrogens with one attached hydrogen (secondary N) is 3. The van der Waals surface area contributed by atoms with Crippen LogP contribution in [0.15, 0.2) is 35.3 Å². The van der Waals surface area contributed by atoms with Crippen LogP contribution in [0.3, 0.4) is 0 Å². The van der Waals surface area contributed by atoms with E-state index in [1.165, 1.54) is 20.2 Å². The van der Waals surface area contributed by atoms with E-state index >= 15 is 0 Å². The van der Waals surface area contributed by atoms with Crippen molar-refractivity contribution in [3.63, 3.8) is 0 Å². The number of ether oxygens (including phenoxy) is 1. The predicted octanol–water partition coefficient (Wildman–Crippen LogP) is 4.62. The number of hydrogen-bond acceptors (Lipinski definition) is 8. The molecule has 1 heterocycles. The van der Waals surface area contributed by atoms with E-state index in [4.69, 9.17) is 4.74 Å². The van der Waals surface area contributed by atoms with Crippen molar-refractivity contribution in [3.8, 4) is 0 Å². The summed E-state index contributed by atoms with van der Waals surface area (Å²) >= 11 is 0. The largest absolute Gasteiger partial charge is 0.480 e. The highest BCUT2D eigenvalue weighted by molar-refractivity contribution is 5.98. The number of H-pyrrole nitrogens is 1. The van der Waals surface area contributed by atoms with Crippen LogP contribution < -0.4 is 10.6 Å². The Kier molecular flexibility index (Phi) is 11.5. The minimum absolute atomic E-state index is 0.0328. The summed E-state index contributed by atoms with van der Waals surface area (Å²) in [6, 6.07) is -2.33. The van der Waals surface area contributed by atoms with Crippen molar-refractivity contribution in [1.82, 2.24) is 20.6 Å². The van der Waals surface area contributed by atoms with Gasteiger partial charge in [-0.2, -0.15) is 0 Å². The number of carboxylic acid groups (broad SMARTS) is 1. The van der Waals surface area contributed by atoms with E-state index in [-0.39, 0.29) is 47.0 Å². The molecule has 1 aromatic heterocycles. The number of hydrogen-bond donors (Lipinski definition) is 6. The van der Waals surface area contributed by atoms with Gasteiger partial charge in [0.25, 0.3) is 0 Å². The Morgan fingerprint density at radius 1 is 1.06 bits per heavy atom. The van der Waals surface area contributed by atoms with Gasteiger partial charge in [-0.1, -0.05) is 39.3 Å². The van der Waals surface area contributed by atoms with E-state index in [1.54, 1.807) is 6.20 Å². The molecule has 288 valence electrons. The number of aliphatic carboxylic acids is 1. The highest BCUT2D eigenvalue weighted by atomic mass is 16.5. The minimum atomic E-state index is -1.25. The molecule has 4 aliphatic carbocycles. The molecule has 0 saturated heterocycles. The average Bonchev–Trinajstić information content (AvgIpc) is 3.66. The zero-order valence-corrected chi connectivity index (χ0v) is 32.1. The van der Waals surface area contributed by atoms with Gasteiger partial charge in [-0.3, -0.25) is 14.4 Å². The standard InChI is InChI=1S/C40H60N4O8/c1-21(2)10-9-11-26(36(49)43-23(4)35(48)44-29(37(50)51)16-25-19-41-20-42-25)33-28-17-31(47)34-38(6)14-13-30(46)22(3)27(38)12-15-39(34,7)40(28,8)18-32(33)52-24(5)45/h10,19-20,22-23,27-32,34,46-47H,9,11-18H2,1-8H3,(H,41,42)(H,43,49)(H,44,48)(H,50,51)/b33-26-/t22-,23?,27-,28-,29?,30+,31+,32-,34+,38-,39-,40-/m0/s1. The number of allylic oxidation sites excluding steroid dienone is 2. The van der Waals surface area contributed by atoms with E-state index in [0.717, 1.165) is 24.8 Å². The molecule has 0 radical (unpaired) electrons. The zero-order valence-electron chi connectivity index (χ0n) is 32.1. The van der Waals surface area contributed by atoms with Crippen molar-refractivity contribution in [2.24, 2.45) is 39.9 Å². The first-order valence-corrected chi connectivity index (χ1v) is 19.0. The van der Waals surface area contributed by atoms with E-state index in [0.29, 0.717) is 48.9 Å². The Bertz CT molecular complexity index is 1580. The van der Waals surface area contributed by atoms with Crippen LogP contribution in [-0.4, -0.2) is 79.4 Å². The maximum Gasteiger partial charge on any atom is 0.326 e. The molecule has 2 amide bonds. The molecule has 0 aliphatic heterocycles. The van der Waals surface area contributed by atoms with Gasteiger partial charge < -0.3 is 35.7 Å². The maximum atomic E-state index is 14.4. The van der Waals surface area contributed by atoms with Gasteiger partial charge in [0, 0.05) is 25.1 Å². The SMILES string of the molecule is CC(=O)O[C@H]1C[C@@]2(C)[C@@H](C[C@@H](O)[C@@H]3[C@@]4(C)CC[C@@H](O)[C@@H](C)[C@@H]4CC[C@@]32C)/C1=C(\CCC=C(C)C)C(=O)NC(C)C(=O)NC(Cc1c[nH]cn1)C(=O)O. The fourth-order valence-corrected chi connectivity index (χ4v) is 11.3. The Balaban J connectivity index is 1.51. The Morgan fingerprint density at radius 3 is 2.38 bits per heavy atom. The van der Waals surface area contributed by atoms with Gasteiger partial charge in [0.2, 0.25) is 11.8 Å². The number of amides is 2. The fraction of sp³-hybridized carbons (Fsp3) is 0.725. The number of esters is 1. The number of aromatic amines is 1. The van der Waals surface area contributed by atoms with Gasteiger partial charge in [-0.25, -0.2) is 9.78 Å². The monoisotopic (exact) mass is 724 g/mol. The van der Waals surface area contributed by atoms with Crippen molar-refractivity contribution >= 4 is 23.8 Å². The summed E-state index contributed by atoms with van der Waals surface area (Å²) in [6.45, 7) is 15.8. The number of fused-ring (bicyclic) bond motifs is 5. The summed E-state index contributed by atoms with van der Waals surface area (Å²) in [6.07, 6.45) is 8.38. The van der Waals surface area contributed by atoms with E-state index in [1.807, 2.05) is 19.9 Å². The third-order valence-corrected chi connectivity index (χ3v) is 13.9. The normalized spacial score (nSPS) is 37.3. The molecule has 12 atom stereocenters. The summed E-state index contributed by atoms with van der Waals surface area (Å²) in [4.78, 5) is 59.3. The van der Waals surface area contributed by atoms with Crippen molar-refractivity contribution in [1.29, 1.82) is 0 Å².